The van der Waals surface area contributed by atoms with Gasteiger partial charge in [-0.1, -0.05) is 32.9 Å². The Labute approximate surface area is 97.9 Å². The van der Waals surface area contributed by atoms with Gasteiger partial charge < -0.3 is 5.73 Å². The molecule has 0 aliphatic carbocycles. The number of nitrogens with two attached hydrogens (primary N) is 1. The van der Waals surface area contributed by atoms with Crippen LogP contribution in [0.15, 0.2) is 24.3 Å². The Hall–Kier alpha value is -0.890. The van der Waals surface area contributed by atoms with Crippen molar-refractivity contribution in [3.8, 4) is 0 Å². The number of hydrogen-bond donors (Lipinski definition) is 1. The zero-order valence-corrected chi connectivity index (χ0v) is 10.7. The maximum Gasteiger partial charge on any atom is 0.123 e. The summed E-state index contributed by atoms with van der Waals surface area (Å²) in [6, 6.07) is 6.49. The van der Waals surface area contributed by atoms with E-state index in [0.717, 1.165) is 18.4 Å². The van der Waals surface area contributed by atoms with E-state index in [0.29, 0.717) is 0 Å². The second-order valence-corrected chi connectivity index (χ2v) is 5.99. The Kier molecular flexibility index (Phi) is 3.74. The molecule has 1 aromatic carbocycles. The third-order valence-electron chi connectivity index (χ3n) is 2.90. The molecule has 0 fully saturated rings. The Bertz CT molecular complexity index is 333. The van der Waals surface area contributed by atoms with Crippen molar-refractivity contribution in [2.24, 2.45) is 11.1 Å². The lowest BCUT2D eigenvalue weighted by molar-refractivity contribution is 0.307. The lowest BCUT2D eigenvalue weighted by Gasteiger charge is -2.29. The van der Waals surface area contributed by atoms with Gasteiger partial charge in [0.2, 0.25) is 0 Å². The third-order valence-corrected chi connectivity index (χ3v) is 2.90. The van der Waals surface area contributed by atoms with Gasteiger partial charge >= 0.3 is 0 Å². The van der Waals surface area contributed by atoms with Crippen LogP contribution >= 0.6 is 0 Å². The van der Waals surface area contributed by atoms with Crippen LogP contribution in [0, 0.1) is 11.2 Å². The first-order chi connectivity index (χ1) is 7.21. The van der Waals surface area contributed by atoms with Crippen LogP contribution in [0.4, 0.5) is 4.39 Å². The van der Waals surface area contributed by atoms with Crippen molar-refractivity contribution in [3.05, 3.63) is 35.6 Å². The molecule has 0 spiro atoms. The number of hydrogen-bond acceptors (Lipinski definition) is 1. The van der Waals surface area contributed by atoms with Crippen LogP contribution in [-0.4, -0.2) is 0 Å². The van der Waals surface area contributed by atoms with Crippen LogP contribution in [0.2, 0.25) is 0 Å². The molecule has 90 valence electrons. The molecule has 1 rings (SSSR count). The van der Waals surface area contributed by atoms with Crippen LogP contribution in [-0.2, 0) is 5.54 Å². The molecule has 0 aliphatic rings. The molecule has 1 atom stereocenters. The second-order valence-electron chi connectivity index (χ2n) is 5.99. The van der Waals surface area contributed by atoms with E-state index < -0.39 is 0 Å². The summed E-state index contributed by atoms with van der Waals surface area (Å²) in [5.74, 6) is -0.213. The van der Waals surface area contributed by atoms with E-state index >= 15 is 0 Å². The SMILES string of the molecule is CC(C)(C)CCC(C)(N)c1ccc(F)cc1. The van der Waals surface area contributed by atoms with E-state index in [-0.39, 0.29) is 16.8 Å². The quantitative estimate of drug-likeness (QED) is 0.828. The highest BCUT2D eigenvalue weighted by molar-refractivity contribution is 5.23. The van der Waals surface area contributed by atoms with Crippen molar-refractivity contribution in [2.75, 3.05) is 0 Å². The lowest BCUT2D eigenvalue weighted by atomic mass is 9.81. The summed E-state index contributed by atoms with van der Waals surface area (Å²) in [5, 5.41) is 0. The first-order valence-corrected chi connectivity index (χ1v) is 5.76. The molecular weight excluding hydrogens is 201 g/mol. The van der Waals surface area contributed by atoms with E-state index in [2.05, 4.69) is 20.8 Å². The molecule has 0 radical (unpaired) electrons. The van der Waals surface area contributed by atoms with Gasteiger partial charge in [0.05, 0.1) is 0 Å². The highest BCUT2D eigenvalue weighted by atomic mass is 19.1. The predicted octanol–water partition coefficient (Wildman–Crippen LogP) is 3.83. The molecule has 0 aromatic heterocycles. The standard InChI is InChI=1S/C14H22FN/c1-13(2,3)9-10-14(4,16)11-5-7-12(15)8-6-11/h5-8H,9-10,16H2,1-4H3. The molecule has 1 unspecified atom stereocenters. The molecule has 2 heteroatoms. The van der Waals surface area contributed by atoms with E-state index in [1.54, 1.807) is 12.1 Å². The fourth-order valence-electron chi connectivity index (χ4n) is 1.61. The van der Waals surface area contributed by atoms with Crippen LogP contribution in [0.3, 0.4) is 0 Å². The maximum absolute atomic E-state index is 12.8. The van der Waals surface area contributed by atoms with Gasteiger partial charge in [0.25, 0.3) is 0 Å². The fraction of sp³-hybridized carbons (Fsp3) is 0.571. The van der Waals surface area contributed by atoms with Crippen molar-refractivity contribution in [1.29, 1.82) is 0 Å². The first kappa shape index (κ1) is 13.2. The molecule has 0 saturated carbocycles. The molecule has 1 nitrogen and oxygen atoms in total. The highest BCUT2D eigenvalue weighted by Crippen LogP contribution is 2.30. The topological polar surface area (TPSA) is 26.0 Å². The van der Waals surface area contributed by atoms with Crippen molar-refractivity contribution < 1.29 is 4.39 Å². The van der Waals surface area contributed by atoms with Crippen LogP contribution < -0.4 is 5.73 Å². The van der Waals surface area contributed by atoms with Gasteiger partial charge in [0, 0.05) is 5.54 Å². The molecule has 0 saturated heterocycles. The van der Waals surface area contributed by atoms with Crippen molar-refractivity contribution >= 4 is 0 Å². The minimum absolute atomic E-state index is 0.213. The average molecular weight is 223 g/mol. The molecule has 2 N–H and O–H groups in total. The summed E-state index contributed by atoms with van der Waals surface area (Å²) in [6.45, 7) is 8.61. The normalized spacial score (nSPS) is 15.9. The van der Waals surface area contributed by atoms with E-state index in [1.165, 1.54) is 12.1 Å². The smallest absolute Gasteiger partial charge is 0.123 e. The maximum atomic E-state index is 12.8. The van der Waals surface area contributed by atoms with Gasteiger partial charge in [-0.15, -0.1) is 0 Å². The monoisotopic (exact) mass is 223 g/mol. The zero-order chi connectivity index (χ0) is 12.4. The average Bonchev–Trinajstić information content (AvgIpc) is 2.15. The summed E-state index contributed by atoms with van der Waals surface area (Å²) >= 11 is 0. The number of rotatable bonds is 3. The molecule has 16 heavy (non-hydrogen) atoms. The van der Waals surface area contributed by atoms with E-state index in [4.69, 9.17) is 5.73 Å². The molecule has 0 heterocycles. The van der Waals surface area contributed by atoms with Gasteiger partial charge in [0.1, 0.15) is 5.82 Å². The van der Waals surface area contributed by atoms with Gasteiger partial charge in [-0.05, 0) is 42.9 Å². The Morgan fingerprint density at radius 3 is 1.94 bits per heavy atom. The summed E-state index contributed by atoms with van der Waals surface area (Å²) in [5.41, 5.74) is 7.18. The minimum atomic E-state index is -0.374. The summed E-state index contributed by atoms with van der Waals surface area (Å²) in [6.07, 6.45) is 1.96. The van der Waals surface area contributed by atoms with Gasteiger partial charge in [-0.3, -0.25) is 0 Å². The van der Waals surface area contributed by atoms with Gasteiger partial charge in [-0.25, -0.2) is 4.39 Å². The molecule has 0 bridgehead atoms. The highest BCUT2D eigenvalue weighted by Gasteiger charge is 2.23. The van der Waals surface area contributed by atoms with Crippen molar-refractivity contribution in [1.82, 2.24) is 0 Å². The van der Waals surface area contributed by atoms with Gasteiger partial charge in [-0.2, -0.15) is 0 Å². The Balaban J connectivity index is 2.73. The number of halogens is 1. The summed E-state index contributed by atoms with van der Waals surface area (Å²) in [7, 11) is 0. The predicted molar refractivity (Wildman–Crippen MR) is 66.6 cm³/mol. The van der Waals surface area contributed by atoms with Crippen LogP contribution in [0.25, 0.3) is 0 Å². The Morgan fingerprint density at radius 1 is 1.00 bits per heavy atom. The van der Waals surface area contributed by atoms with Crippen molar-refractivity contribution in [3.63, 3.8) is 0 Å². The van der Waals surface area contributed by atoms with Gasteiger partial charge in [0.15, 0.2) is 0 Å². The zero-order valence-electron chi connectivity index (χ0n) is 10.7. The largest absolute Gasteiger partial charge is 0.322 e. The summed E-state index contributed by atoms with van der Waals surface area (Å²) in [4.78, 5) is 0. The molecule has 1 aromatic rings. The molecule has 0 amide bonds. The lowest BCUT2D eigenvalue weighted by Crippen LogP contribution is -2.34. The van der Waals surface area contributed by atoms with E-state index in [1.807, 2.05) is 6.92 Å². The first-order valence-electron chi connectivity index (χ1n) is 5.76. The van der Waals surface area contributed by atoms with Crippen LogP contribution in [0.1, 0.15) is 46.1 Å². The Morgan fingerprint density at radius 2 is 1.50 bits per heavy atom. The molecular formula is C14H22FN. The number of benzene rings is 1. The second kappa shape index (κ2) is 4.54. The fourth-order valence-corrected chi connectivity index (χ4v) is 1.61. The van der Waals surface area contributed by atoms with E-state index in [9.17, 15) is 4.39 Å². The summed E-state index contributed by atoms with van der Waals surface area (Å²) < 4.78 is 12.8. The van der Waals surface area contributed by atoms with Crippen LogP contribution in [0.5, 0.6) is 0 Å². The minimum Gasteiger partial charge on any atom is -0.322 e. The van der Waals surface area contributed by atoms with Crippen molar-refractivity contribution in [2.45, 2.75) is 46.1 Å². The molecule has 0 aliphatic heterocycles. The third kappa shape index (κ3) is 3.93.